The minimum Gasteiger partial charge on any atom is -0.378 e. The first-order valence-corrected chi connectivity index (χ1v) is 11.3. The van der Waals surface area contributed by atoms with Gasteiger partial charge in [-0.1, -0.05) is 0 Å². The molecule has 0 spiro atoms. The van der Waals surface area contributed by atoms with E-state index in [1.165, 1.54) is 12.8 Å². The van der Waals surface area contributed by atoms with Crippen LogP contribution in [0.1, 0.15) is 44.9 Å². The maximum Gasteiger partial charge on any atom is 0.101 e. The van der Waals surface area contributed by atoms with Crippen molar-refractivity contribution in [3.63, 3.8) is 0 Å². The van der Waals surface area contributed by atoms with E-state index in [0.29, 0.717) is 43.1 Å². The molecule has 0 radical (unpaired) electrons. The van der Waals surface area contributed by atoms with Crippen molar-refractivity contribution in [3.05, 3.63) is 0 Å². The number of fused-ring (bicyclic) bond motifs is 5. The first-order chi connectivity index (χ1) is 13.3. The third kappa shape index (κ3) is 3.79. The Kier molecular flexibility index (Phi) is 5.68. The van der Waals surface area contributed by atoms with Crippen LogP contribution in [0.15, 0.2) is 0 Å². The fraction of sp³-hybridized carbons (Fsp3) is 1.00. The molecule has 4 heterocycles. The summed E-state index contributed by atoms with van der Waals surface area (Å²) in [7, 11) is 0. The smallest absolute Gasteiger partial charge is 0.101 e. The van der Waals surface area contributed by atoms with Gasteiger partial charge in [-0.15, -0.1) is 0 Å². The minimum atomic E-state index is -0.643. The zero-order chi connectivity index (χ0) is 18.2. The molecule has 4 aliphatic heterocycles. The first kappa shape index (κ1) is 18.7. The molecule has 5 fully saturated rings. The van der Waals surface area contributed by atoms with Crippen molar-refractivity contribution >= 4 is 0 Å². The number of nitrogens with zero attached hydrogens (tertiary/aromatic N) is 2. The molecule has 0 aromatic heterocycles. The van der Waals surface area contributed by atoms with Crippen LogP contribution in [0.25, 0.3) is 0 Å². The van der Waals surface area contributed by atoms with E-state index in [9.17, 15) is 4.39 Å². The molecule has 3 N–H and O–H groups in total. The maximum absolute atomic E-state index is 14.3. The third-order valence-electron chi connectivity index (χ3n) is 7.59. The summed E-state index contributed by atoms with van der Waals surface area (Å²) < 4.78 is 20.7. The van der Waals surface area contributed by atoms with Gasteiger partial charge >= 0.3 is 0 Å². The molecule has 7 atom stereocenters. The van der Waals surface area contributed by atoms with Gasteiger partial charge in [0.1, 0.15) is 6.17 Å². The van der Waals surface area contributed by atoms with Gasteiger partial charge in [0.2, 0.25) is 0 Å². The van der Waals surface area contributed by atoms with Crippen molar-refractivity contribution in [2.45, 2.75) is 75.6 Å². The lowest BCUT2D eigenvalue weighted by Crippen LogP contribution is -2.64. The number of alkyl halides is 1. The van der Waals surface area contributed by atoms with Gasteiger partial charge in [-0.3, -0.25) is 15.6 Å². The largest absolute Gasteiger partial charge is 0.378 e. The molecule has 1 aliphatic carbocycles. The van der Waals surface area contributed by atoms with Crippen LogP contribution >= 0.6 is 0 Å². The number of rotatable bonds is 0. The summed E-state index contributed by atoms with van der Waals surface area (Å²) in [5.41, 5.74) is 3.59. The number of ether oxygens (including phenoxy) is 1. The standard InChI is InChI=1S/C20H36FN5O/c21-15-4-5-18-16(11-15)17-3-1-8-25(17)19-6-9-26-20(24-19)14(13-23-26)12-22-7-2-10-27-18/h14-20,22-24H,1-13H2/t14?,15?,16?,17-,18?,19?,20?/m1/s1. The summed E-state index contributed by atoms with van der Waals surface area (Å²) >= 11 is 0. The van der Waals surface area contributed by atoms with Crippen LogP contribution < -0.4 is 16.1 Å². The van der Waals surface area contributed by atoms with Gasteiger partial charge < -0.3 is 10.1 Å². The summed E-state index contributed by atoms with van der Waals surface area (Å²) in [6.45, 7) is 6.14. The van der Waals surface area contributed by atoms with Crippen LogP contribution in [0.3, 0.4) is 0 Å². The number of hydrazine groups is 1. The molecule has 6 unspecified atom stereocenters. The lowest BCUT2D eigenvalue weighted by atomic mass is 9.79. The second-order valence-corrected chi connectivity index (χ2v) is 9.22. The summed E-state index contributed by atoms with van der Waals surface area (Å²) in [5, 5.41) is 10.0. The second-order valence-electron chi connectivity index (χ2n) is 9.22. The molecule has 6 nitrogen and oxygen atoms in total. The lowest BCUT2D eigenvalue weighted by Gasteiger charge is -2.47. The van der Waals surface area contributed by atoms with E-state index in [2.05, 4.69) is 26.0 Å². The average Bonchev–Trinajstić information content (AvgIpc) is 3.31. The number of hydrogen-bond donors (Lipinski definition) is 3. The van der Waals surface area contributed by atoms with Crippen molar-refractivity contribution in [3.8, 4) is 0 Å². The molecule has 0 aromatic carbocycles. The SMILES string of the molecule is FC1CCC2OCCCNCC3CNN4CCC(NC34)N3CCC[C@@H]3C2C1. The van der Waals surface area contributed by atoms with Crippen molar-refractivity contribution < 1.29 is 9.13 Å². The van der Waals surface area contributed by atoms with Gasteiger partial charge in [-0.2, -0.15) is 0 Å². The van der Waals surface area contributed by atoms with Crippen molar-refractivity contribution in [1.29, 1.82) is 0 Å². The Morgan fingerprint density at radius 3 is 2.93 bits per heavy atom. The fourth-order valence-electron chi connectivity index (χ4n) is 6.25. The van der Waals surface area contributed by atoms with E-state index in [4.69, 9.17) is 4.74 Å². The van der Waals surface area contributed by atoms with Gasteiger partial charge in [0.25, 0.3) is 0 Å². The highest BCUT2D eigenvalue weighted by Gasteiger charge is 2.46. The van der Waals surface area contributed by atoms with Crippen LogP contribution in [0.2, 0.25) is 0 Å². The molecule has 4 saturated heterocycles. The van der Waals surface area contributed by atoms with Crippen LogP contribution in [-0.4, -0.2) is 79.9 Å². The molecule has 7 heteroatoms. The molecule has 27 heavy (non-hydrogen) atoms. The molecular weight excluding hydrogens is 345 g/mol. The van der Waals surface area contributed by atoms with Gasteiger partial charge in [0, 0.05) is 44.1 Å². The lowest BCUT2D eigenvalue weighted by molar-refractivity contribution is -0.0695. The monoisotopic (exact) mass is 381 g/mol. The van der Waals surface area contributed by atoms with Crippen molar-refractivity contribution in [2.24, 2.45) is 11.8 Å². The zero-order valence-electron chi connectivity index (χ0n) is 16.4. The molecule has 2 bridgehead atoms. The second kappa shape index (κ2) is 8.20. The highest BCUT2D eigenvalue weighted by atomic mass is 19.1. The summed E-state index contributed by atoms with van der Waals surface area (Å²) in [6.07, 6.45) is 7.31. The van der Waals surface area contributed by atoms with E-state index in [1.54, 1.807) is 0 Å². The molecule has 0 amide bonds. The van der Waals surface area contributed by atoms with E-state index < -0.39 is 6.17 Å². The van der Waals surface area contributed by atoms with Crippen molar-refractivity contribution in [1.82, 2.24) is 26.0 Å². The van der Waals surface area contributed by atoms with Crippen LogP contribution in [0.5, 0.6) is 0 Å². The highest BCUT2D eigenvalue weighted by Crippen LogP contribution is 2.39. The van der Waals surface area contributed by atoms with E-state index in [1.807, 2.05) is 0 Å². The van der Waals surface area contributed by atoms with Crippen LogP contribution in [0.4, 0.5) is 4.39 Å². The molecule has 5 aliphatic rings. The average molecular weight is 382 g/mol. The Balaban J connectivity index is 1.37. The van der Waals surface area contributed by atoms with E-state index in [-0.39, 0.29) is 6.10 Å². The number of hydrogen-bond acceptors (Lipinski definition) is 6. The Labute approximate surface area is 162 Å². The topological polar surface area (TPSA) is 51.8 Å². The van der Waals surface area contributed by atoms with Gasteiger partial charge in [-0.25, -0.2) is 9.40 Å². The van der Waals surface area contributed by atoms with E-state index >= 15 is 0 Å². The summed E-state index contributed by atoms with van der Waals surface area (Å²) in [4.78, 5) is 2.69. The molecular formula is C20H36FN5O. The van der Waals surface area contributed by atoms with Gasteiger partial charge in [0.15, 0.2) is 0 Å². The third-order valence-corrected chi connectivity index (χ3v) is 7.59. The van der Waals surface area contributed by atoms with Crippen molar-refractivity contribution in [2.75, 3.05) is 39.3 Å². The molecule has 1 saturated carbocycles. The Bertz CT molecular complexity index is 511. The highest BCUT2D eigenvalue weighted by molar-refractivity contribution is 4.98. The van der Waals surface area contributed by atoms with Crippen LogP contribution in [0, 0.1) is 11.8 Å². The van der Waals surface area contributed by atoms with Gasteiger partial charge in [0.05, 0.1) is 18.4 Å². The minimum absolute atomic E-state index is 0.242. The fourth-order valence-corrected chi connectivity index (χ4v) is 6.25. The summed E-state index contributed by atoms with van der Waals surface area (Å²) in [6, 6.07) is 0.478. The Morgan fingerprint density at radius 2 is 1.96 bits per heavy atom. The number of halogens is 1. The maximum atomic E-state index is 14.3. The quantitative estimate of drug-likeness (QED) is 0.583. The molecule has 5 rings (SSSR count). The van der Waals surface area contributed by atoms with E-state index in [0.717, 1.165) is 58.6 Å². The Morgan fingerprint density at radius 1 is 1.00 bits per heavy atom. The molecule has 0 aromatic rings. The normalized spacial score (nSPS) is 47.2. The van der Waals surface area contributed by atoms with Crippen LogP contribution in [-0.2, 0) is 4.74 Å². The zero-order valence-corrected chi connectivity index (χ0v) is 16.4. The number of nitrogens with one attached hydrogen (secondary N) is 3. The Hall–Kier alpha value is -0.310. The molecule has 154 valence electrons. The van der Waals surface area contributed by atoms with Gasteiger partial charge in [-0.05, 0) is 58.0 Å². The predicted octanol–water partition coefficient (Wildman–Crippen LogP) is 1.05. The first-order valence-electron chi connectivity index (χ1n) is 11.3. The summed E-state index contributed by atoms with van der Waals surface area (Å²) in [5.74, 6) is 0.944. The predicted molar refractivity (Wildman–Crippen MR) is 103 cm³/mol.